The zero-order chi connectivity index (χ0) is 15.8. The summed E-state index contributed by atoms with van der Waals surface area (Å²) in [5, 5.41) is 8.84. The second kappa shape index (κ2) is 5.54. The molecule has 4 nitrogen and oxygen atoms in total. The molecule has 2 rings (SSSR count). The summed E-state index contributed by atoms with van der Waals surface area (Å²) in [6, 6.07) is 2.09. The van der Waals surface area contributed by atoms with Crippen molar-refractivity contribution in [2.45, 2.75) is 36.6 Å². The molecule has 0 heterocycles. The van der Waals surface area contributed by atoms with Crippen LogP contribution in [0.2, 0.25) is 0 Å². The lowest BCUT2D eigenvalue weighted by Gasteiger charge is -2.23. The lowest BCUT2D eigenvalue weighted by molar-refractivity contribution is -0.137. The van der Waals surface area contributed by atoms with Gasteiger partial charge in [0.05, 0.1) is 6.61 Å². The minimum atomic E-state index is -4.70. The molecule has 1 aliphatic carbocycles. The van der Waals surface area contributed by atoms with E-state index in [1.807, 2.05) is 0 Å². The third kappa shape index (κ3) is 3.72. The van der Waals surface area contributed by atoms with Crippen LogP contribution < -0.4 is 0 Å². The van der Waals surface area contributed by atoms with E-state index >= 15 is 0 Å². The van der Waals surface area contributed by atoms with E-state index in [1.165, 1.54) is 0 Å². The van der Waals surface area contributed by atoms with Gasteiger partial charge in [-0.15, -0.1) is 0 Å². The molecular weight excluding hydrogens is 314 g/mol. The number of hydrogen-bond donors (Lipinski definition) is 1. The van der Waals surface area contributed by atoms with Crippen LogP contribution in [0.3, 0.4) is 0 Å². The first kappa shape index (κ1) is 16.2. The number of sulfonamides is 1. The fourth-order valence-electron chi connectivity index (χ4n) is 1.93. The Morgan fingerprint density at radius 1 is 1.29 bits per heavy atom. The summed E-state index contributed by atoms with van der Waals surface area (Å²) >= 11 is 0. The van der Waals surface area contributed by atoms with Gasteiger partial charge in [-0.3, -0.25) is 0 Å². The van der Waals surface area contributed by atoms with Gasteiger partial charge < -0.3 is 5.11 Å². The molecule has 0 atom stereocenters. The van der Waals surface area contributed by atoms with Crippen LogP contribution in [0.1, 0.15) is 18.4 Å². The minimum absolute atomic E-state index is 0.139. The van der Waals surface area contributed by atoms with Crippen molar-refractivity contribution in [3.05, 3.63) is 29.6 Å². The Labute approximate surface area is 119 Å². The second-order valence-electron chi connectivity index (χ2n) is 4.82. The smallest absolute Gasteiger partial charge is 0.392 e. The van der Waals surface area contributed by atoms with Crippen molar-refractivity contribution in [1.29, 1.82) is 0 Å². The summed E-state index contributed by atoms with van der Waals surface area (Å²) in [4.78, 5) is -0.809. The van der Waals surface area contributed by atoms with Gasteiger partial charge in [0.2, 0.25) is 10.0 Å². The Morgan fingerprint density at radius 3 is 2.33 bits per heavy atom. The maximum Gasteiger partial charge on any atom is 0.402 e. The average Bonchev–Trinajstić information content (AvgIpc) is 3.18. The quantitative estimate of drug-likeness (QED) is 0.842. The third-order valence-corrected chi connectivity index (χ3v) is 4.99. The molecule has 0 spiro atoms. The largest absolute Gasteiger partial charge is 0.402 e. The normalized spacial score (nSPS) is 16.5. The summed E-state index contributed by atoms with van der Waals surface area (Å²) in [7, 11) is -4.57. The van der Waals surface area contributed by atoms with E-state index in [0.29, 0.717) is 17.1 Å². The standard InChI is InChI=1S/C12H13F4NO3S/c13-10-5-8(6-18)1-4-11(10)21(19,20)17(9-2-3-9)7-12(14,15)16/h1,4-5,9,18H,2-3,6-7H2. The molecule has 1 aromatic rings. The fraction of sp³-hybridized carbons (Fsp3) is 0.500. The maximum absolute atomic E-state index is 13.8. The summed E-state index contributed by atoms with van der Waals surface area (Å²) in [6.45, 7) is -2.13. The van der Waals surface area contributed by atoms with Crippen LogP contribution in [-0.4, -0.2) is 36.6 Å². The molecule has 1 aliphatic rings. The first-order valence-corrected chi connectivity index (χ1v) is 7.57. The Balaban J connectivity index is 2.39. The van der Waals surface area contributed by atoms with E-state index in [1.54, 1.807) is 0 Å². The van der Waals surface area contributed by atoms with Gasteiger partial charge in [0.15, 0.2) is 0 Å². The summed E-state index contributed by atoms with van der Waals surface area (Å²) < 4.78 is 76.2. The molecule has 1 saturated carbocycles. The predicted octanol–water partition coefficient (Wildman–Crippen LogP) is 2.03. The predicted molar refractivity (Wildman–Crippen MR) is 65.3 cm³/mol. The molecule has 0 amide bonds. The van der Waals surface area contributed by atoms with Crippen molar-refractivity contribution in [1.82, 2.24) is 4.31 Å². The molecule has 1 N–H and O–H groups in total. The molecule has 0 saturated heterocycles. The molecule has 9 heteroatoms. The van der Waals surface area contributed by atoms with Crippen molar-refractivity contribution < 1.29 is 31.1 Å². The van der Waals surface area contributed by atoms with E-state index < -0.39 is 46.1 Å². The Hall–Kier alpha value is -1.19. The number of nitrogens with zero attached hydrogens (tertiary/aromatic N) is 1. The number of alkyl halides is 3. The molecule has 0 unspecified atom stereocenters. The van der Waals surface area contributed by atoms with E-state index in [-0.39, 0.29) is 5.56 Å². The average molecular weight is 327 g/mol. The monoisotopic (exact) mass is 327 g/mol. The zero-order valence-corrected chi connectivity index (χ0v) is 11.6. The molecule has 0 radical (unpaired) electrons. The molecule has 1 aromatic carbocycles. The van der Waals surface area contributed by atoms with Gasteiger partial charge in [0, 0.05) is 6.04 Å². The van der Waals surface area contributed by atoms with Crippen LogP contribution in [0, 0.1) is 5.82 Å². The van der Waals surface area contributed by atoms with Crippen molar-refractivity contribution in [3.8, 4) is 0 Å². The Bertz CT molecular complexity index is 626. The molecular formula is C12H13F4NO3S. The van der Waals surface area contributed by atoms with Gasteiger partial charge in [-0.25, -0.2) is 12.8 Å². The number of aliphatic hydroxyl groups is 1. The van der Waals surface area contributed by atoms with Gasteiger partial charge in [-0.2, -0.15) is 17.5 Å². The number of rotatable bonds is 5. The summed E-state index contributed by atoms with van der Waals surface area (Å²) in [6.07, 6.45) is -4.05. The third-order valence-electron chi connectivity index (χ3n) is 3.05. The van der Waals surface area contributed by atoms with E-state index in [4.69, 9.17) is 5.11 Å². The molecule has 0 aliphatic heterocycles. The Kier molecular flexibility index (Phi) is 4.27. The summed E-state index contributed by atoms with van der Waals surface area (Å²) in [5.74, 6) is -1.17. The number of hydrogen-bond acceptors (Lipinski definition) is 3. The van der Waals surface area contributed by atoms with Crippen LogP contribution in [0.5, 0.6) is 0 Å². The first-order chi connectivity index (χ1) is 9.65. The highest BCUT2D eigenvalue weighted by atomic mass is 32.2. The second-order valence-corrected chi connectivity index (χ2v) is 6.68. The molecule has 0 bridgehead atoms. The van der Waals surface area contributed by atoms with Gasteiger partial charge in [-0.05, 0) is 30.5 Å². The van der Waals surface area contributed by atoms with Gasteiger partial charge in [0.1, 0.15) is 17.3 Å². The van der Waals surface area contributed by atoms with Crippen molar-refractivity contribution in [3.63, 3.8) is 0 Å². The number of aliphatic hydroxyl groups excluding tert-OH is 1. The maximum atomic E-state index is 13.8. The van der Waals surface area contributed by atoms with Gasteiger partial charge in [-0.1, -0.05) is 6.07 Å². The number of benzene rings is 1. The van der Waals surface area contributed by atoms with Crippen LogP contribution >= 0.6 is 0 Å². The van der Waals surface area contributed by atoms with Crippen molar-refractivity contribution in [2.24, 2.45) is 0 Å². The first-order valence-electron chi connectivity index (χ1n) is 6.13. The van der Waals surface area contributed by atoms with Crippen molar-refractivity contribution in [2.75, 3.05) is 6.54 Å². The summed E-state index contributed by atoms with van der Waals surface area (Å²) in [5.41, 5.74) is 0.139. The van der Waals surface area contributed by atoms with E-state index in [2.05, 4.69) is 0 Å². The Morgan fingerprint density at radius 2 is 1.90 bits per heavy atom. The molecule has 1 fully saturated rings. The van der Waals surface area contributed by atoms with Crippen LogP contribution in [-0.2, 0) is 16.6 Å². The van der Waals surface area contributed by atoms with Crippen LogP contribution in [0.25, 0.3) is 0 Å². The van der Waals surface area contributed by atoms with Crippen molar-refractivity contribution >= 4 is 10.0 Å². The highest BCUT2D eigenvalue weighted by Gasteiger charge is 2.45. The minimum Gasteiger partial charge on any atom is -0.392 e. The highest BCUT2D eigenvalue weighted by Crippen LogP contribution is 2.35. The number of halogens is 4. The lowest BCUT2D eigenvalue weighted by atomic mass is 10.2. The van der Waals surface area contributed by atoms with Crippen LogP contribution in [0.4, 0.5) is 17.6 Å². The molecule has 0 aromatic heterocycles. The molecule has 118 valence electrons. The SMILES string of the molecule is O=S(=O)(c1ccc(CO)cc1F)N(CC(F)(F)F)C1CC1. The van der Waals surface area contributed by atoms with Gasteiger partial charge in [0.25, 0.3) is 0 Å². The molecule has 21 heavy (non-hydrogen) atoms. The lowest BCUT2D eigenvalue weighted by Crippen LogP contribution is -2.40. The van der Waals surface area contributed by atoms with Crippen LogP contribution in [0.15, 0.2) is 23.1 Å². The zero-order valence-electron chi connectivity index (χ0n) is 10.8. The topological polar surface area (TPSA) is 57.6 Å². The van der Waals surface area contributed by atoms with E-state index in [0.717, 1.165) is 18.2 Å². The van der Waals surface area contributed by atoms with E-state index in [9.17, 15) is 26.0 Å². The van der Waals surface area contributed by atoms with Gasteiger partial charge >= 0.3 is 6.18 Å². The highest BCUT2D eigenvalue weighted by molar-refractivity contribution is 7.89. The fourth-order valence-corrected chi connectivity index (χ4v) is 3.65.